The highest BCUT2D eigenvalue weighted by Gasteiger charge is 2.63. The van der Waals surface area contributed by atoms with Crippen molar-refractivity contribution in [3.05, 3.63) is 59.7 Å². The molecule has 2 aromatic rings. The Hall–Kier alpha value is -3.44. The van der Waals surface area contributed by atoms with Gasteiger partial charge in [-0.3, -0.25) is 19.3 Å². The van der Waals surface area contributed by atoms with Gasteiger partial charge in [0.05, 0.1) is 26.2 Å². The van der Waals surface area contributed by atoms with Crippen LogP contribution in [0.25, 0.3) is 0 Å². The van der Waals surface area contributed by atoms with E-state index >= 15 is 0 Å². The van der Waals surface area contributed by atoms with Crippen molar-refractivity contribution < 1.29 is 41.8 Å². The van der Waals surface area contributed by atoms with Crippen LogP contribution in [0.5, 0.6) is 5.75 Å². The molecule has 0 bridgehead atoms. The highest BCUT2D eigenvalue weighted by atomic mass is 19.4. The third-order valence-electron chi connectivity index (χ3n) is 5.74. The molecule has 3 amide bonds. The van der Waals surface area contributed by atoms with E-state index in [9.17, 15) is 27.6 Å². The number of benzene rings is 2. The van der Waals surface area contributed by atoms with E-state index in [0.29, 0.717) is 16.8 Å². The molecule has 34 heavy (non-hydrogen) atoms. The van der Waals surface area contributed by atoms with Gasteiger partial charge in [0.1, 0.15) is 12.5 Å². The van der Waals surface area contributed by atoms with Crippen molar-refractivity contribution in [2.75, 3.05) is 32.0 Å². The Labute approximate surface area is 192 Å². The summed E-state index contributed by atoms with van der Waals surface area (Å²) in [5.41, 5.74) is -0.301. The van der Waals surface area contributed by atoms with Crippen LogP contribution in [-0.2, 0) is 35.8 Å². The fraction of sp³-hybridized carbons (Fsp3) is 0.348. The lowest BCUT2D eigenvalue weighted by Gasteiger charge is -2.22. The highest BCUT2D eigenvalue weighted by Crippen LogP contribution is 2.48. The molecule has 0 aliphatic carbocycles. The minimum atomic E-state index is -4.81. The predicted molar refractivity (Wildman–Crippen MR) is 112 cm³/mol. The molecule has 0 radical (unpaired) electrons. The summed E-state index contributed by atoms with van der Waals surface area (Å²) in [6.07, 6.45) is -5.14. The van der Waals surface area contributed by atoms with Crippen molar-refractivity contribution in [2.24, 2.45) is 0 Å². The van der Waals surface area contributed by atoms with Gasteiger partial charge >= 0.3 is 6.36 Å². The van der Waals surface area contributed by atoms with Gasteiger partial charge in [-0.05, 0) is 23.8 Å². The lowest BCUT2D eigenvalue weighted by molar-refractivity contribution is -0.274. The normalized spacial score (nSPS) is 19.9. The first-order valence-corrected chi connectivity index (χ1v) is 10.3. The Morgan fingerprint density at radius 2 is 1.62 bits per heavy atom. The second-order valence-electron chi connectivity index (χ2n) is 7.84. The average Bonchev–Trinajstić information content (AvgIpc) is 3.18. The Morgan fingerprint density at radius 1 is 0.941 bits per heavy atom. The molecule has 0 aromatic heterocycles. The molecule has 0 N–H and O–H groups in total. The summed E-state index contributed by atoms with van der Waals surface area (Å²) in [6.45, 7) is 0.156. The first kappa shape index (κ1) is 23.7. The van der Waals surface area contributed by atoms with Gasteiger partial charge in [-0.25, -0.2) is 0 Å². The highest BCUT2D eigenvalue weighted by molar-refractivity contribution is 6.28. The van der Waals surface area contributed by atoms with E-state index in [1.54, 1.807) is 24.3 Å². The van der Waals surface area contributed by atoms with Crippen LogP contribution in [0.4, 0.5) is 18.9 Å². The fourth-order valence-corrected chi connectivity index (χ4v) is 4.21. The van der Waals surface area contributed by atoms with Gasteiger partial charge in [0.15, 0.2) is 5.41 Å². The van der Waals surface area contributed by atoms with Crippen LogP contribution >= 0.6 is 0 Å². The summed E-state index contributed by atoms with van der Waals surface area (Å²) in [4.78, 5) is 42.0. The van der Waals surface area contributed by atoms with Crippen molar-refractivity contribution in [1.29, 1.82) is 0 Å². The molecule has 4 rings (SSSR count). The molecule has 11 heteroatoms. The maximum atomic E-state index is 13.6. The monoisotopic (exact) mass is 478 g/mol. The average molecular weight is 478 g/mol. The summed E-state index contributed by atoms with van der Waals surface area (Å²) in [7, 11) is 1.49. The third kappa shape index (κ3) is 4.24. The Kier molecular flexibility index (Phi) is 6.32. The zero-order valence-corrected chi connectivity index (χ0v) is 18.1. The van der Waals surface area contributed by atoms with Crippen molar-refractivity contribution in [2.45, 2.75) is 24.7 Å². The molecular weight excluding hydrogens is 457 g/mol. The van der Waals surface area contributed by atoms with Crippen LogP contribution in [0.15, 0.2) is 48.5 Å². The number of alkyl halides is 3. The molecule has 2 aromatic carbocycles. The molecule has 1 fully saturated rings. The minimum absolute atomic E-state index is 0.00426. The minimum Gasteiger partial charge on any atom is -0.406 e. The number of fused-ring (bicyclic) bond motifs is 2. The van der Waals surface area contributed by atoms with E-state index in [1.165, 1.54) is 24.1 Å². The molecule has 8 nitrogen and oxygen atoms in total. The van der Waals surface area contributed by atoms with Gasteiger partial charge in [-0.15, -0.1) is 13.2 Å². The molecule has 1 spiro atoms. The number of imide groups is 1. The standard InChI is InChI=1S/C23H21F3N2O6/c1-32-10-11-33-14-28-19(29)12-22(21(28)31)17-4-2-3-5-18(17)27(20(22)30)13-15-6-8-16(9-7-15)34-23(24,25)26/h2-9H,10-14H2,1H3. The zero-order valence-electron chi connectivity index (χ0n) is 18.1. The van der Waals surface area contributed by atoms with E-state index in [2.05, 4.69) is 4.74 Å². The topological polar surface area (TPSA) is 85.4 Å². The van der Waals surface area contributed by atoms with Crippen molar-refractivity contribution in [3.63, 3.8) is 0 Å². The molecule has 0 saturated carbocycles. The Bertz CT molecular complexity index is 1100. The number of ether oxygens (including phenoxy) is 3. The van der Waals surface area contributed by atoms with Crippen LogP contribution in [0, 0.1) is 0 Å². The molecular formula is C23H21F3N2O6. The van der Waals surface area contributed by atoms with Crippen molar-refractivity contribution >= 4 is 23.4 Å². The second kappa shape index (κ2) is 9.07. The smallest absolute Gasteiger partial charge is 0.406 e. The van der Waals surface area contributed by atoms with Crippen LogP contribution in [0.2, 0.25) is 0 Å². The second-order valence-corrected chi connectivity index (χ2v) is 7.84. The first-order valence-electron chi connectivity index (χ1n) is 10.3. The third-order valence-corrected chi connectivity index (χ3v) is 5.74. The number of anilines is 1. The van der Waals surface area contributed by atoms with Crippen LogP contribution < -0.4 is 9.64 Å². The maximum absolute atomic E-state index is 13.6. The van der Waals surface area contributed by atoms with E-state index in [0.717, 1.165) is 17.0 Å². The van der Waals surface area contributed by atoms with Gasteiger partial charge in [-0.2, -0.15) is 0 Å². The fourth-order valence-electron chi connectivity index (χ4n) is 4.21. The summed E-state index contributed by atoms with van der Waals surface area (Å²) < 4.78 is 51.3. The summed E-state index contributed by atoms with van der Waals surface area (Å²) in [5, 5.41) is 0. The van der Waals surface area contributed by atoms with Gasteiger partial charge in [-0.1, -0.05) is 30.3 Å². The van der Waals surface area contributed by atoms with Crippen LogP contribution in [0.3, 0.4) is 0 Å². The number of rotatable bonds is 8. The summed E-state index contributed by atoms with van der Waals surface area (Å²) >= 11 is 0. The van der Waals surface area contributed by atoms with E-state index < -0.39 is 29.5 Å². The summed E-state index contributed by atoms with van der Waals surface area (Å²) in [5.74, 6) is -2.14. The number of para-hydroxylation sites is 1. The molecule has 2 heterocycles. The Balaban J connectivity index is 1.59. The van der Waals surface area contributed by atoms with E-state index in [1.807, 2.05) is 0 Å². The largest absolute Gasteiger partial charge is 0.573 e. The quantitative estimate of drug-likeness (QED) is 0.330. The Morgan fingerprint density at radius 3 is 2.29 bits per heavy atom. The van der Waals surface area contributed by atoms with Gasteiger partial charge < -0.3 is 19.1 Å². The number of carbonyl (C=O) groups excluding carboxylic acids is 3. The molecule has 180 valence electrons. The van der Waals surface area contributed by atoms with E-state index in [-0.39, 0.29) is 38.7 Å². The first-order chi connectivity index (χ1) is 16.2. The number of hydrogen-bond acceptors (Lipinski definition) is 6. The zero-order chi connectivity index (χ0) is 24.5. The molecule has 1 saturated heterocycles. The van der Waals surface area contributed by atoms with Crippen molar-refractivity contribution in [1.82, 2.24) is 4.90 Å². The molecule has 2 aliphatic heterocycles. The number of hydrogen-bond donors (Lipinski definition) is 0. The van der Waals surface area contributed by atoms with Gasteiger partial charge in [0.25, 0.3) is 5.91 Å². The van der Waals surface area contributed by atoms with Gasteiger partial charge in [0.2, 0.25) is 11.8 Å². The lowest BCUT2D eigenvalue weighted by atomic mass is 9.80. The number of halogens is 3. The van der Waals surface area contributed by atoms with Crippen molar-refractivity contribution in [3.8, 4) is 5.75 Å². The number of amides is 3. The predicted octanol–water partition coefficient (Wildman–Crippen LogP) is 2.75. The molecule has 1 unspecified atom stereocenters. The number of carbonyl (C=O) groups is 3. The SMILES string of the molecule is COCCOCN1C(=O)CC2(C1=O)C(=O)N(Cc1ccc(OC(F)(F)F)cc1)c1ccccc12. The maximum Gasteiger partial charge on any atom is 0.573 e. The van der Waals surface area contributed by atoms with Gasteiger partial charge in [0, 0.05) is 18.4 Å². The lowest BCUT2D eigenvalue weighted by Crippen LogP contribution is -2.46. The van der Waals surface area contributed by atoms with E-state index in [4.69, 9.17) is 9.47 Å². The van der Waals surface area contributed by atoms with Crippen LogP contribution in [0.1, 0.15) is 17.5 Å². The summed E-state index contributed by atoms with van der Waals surface area (Å²) in [6, 6.07) is 11.8. The number of likely N-dealkylation sites (tertiary alicyclic amines) is 1. The molecule has 2 aliphatic rings. The molecule has 1 atom stereocenters. The number of methoxy groups -OCH3 is 1. The number of nitrogens with zero attached hydrogens (tertiary/aromatic N) is 2. The van der Waals surface area contributed by atoms with Crippen LogP contribution in [-0.4, -0.2) is 56.0 Å².